The second kappa shape index (κ2) is 7.50. The first-order valence-electron chi connectivity index (χ1n) is 11.3. The Balaban J connectivity index is 1.27. The molecule has 0 radical (unpaired) electrons. The monoisotopic (exact) mass is 471 g/mol. The third kappa shape index (κ3) is 3.01. The van der Waals surface area contributed by atoms with Crippen molar-refractivity contribution in [2.24, 2.45) is 5.41 Å². The molecule has 7 nitrogen and oxygen atoms in total. The Hall–Kier alpha value is -3.52. The van der Waals surface area contributed by atoms with Crippen LogP contribution in [0.5, 0.6) is 5.75 Å². The average Bonchev–Trinajstić information content (AvgIpc) is 3.50. The normalized spacial score (nSPS) is 24.4. The molecular formula is C26H25N5O2S. The maximum atomic E-state index is 13.8. The number of hydrogen-bond acceptors (Lipinski definition) is 6. The number of nitrogens with one attached hydrogen (secondary N) is 1. The number of carbonyl (C=O) groups is 1. The number of benzene rings is 2. The van der Waals surface area contributed by atoms with Crippen LogP contribution >= 0.6 is 11.3 Å². The molecule has 2 aromatic carbocycles. The van der Waals surface area contributed by atoms with Gasteiger partial charge in [0.05, 0.1) is 29.7 Å². The lowest BCUT2D eigenvalue weighted by Crippen LogP contribution is -2.55. The molecule has 3 aliphatic rings. The van der Waals surface area contributed by atoms with Gasteiger partial charge in [0.15, 0.2) is 5.13 Å². The zero-order valence-corrected chi connectivity index (χ0v) is 20.1. The van der Waals surface area contributed by atoms with Crippen molar-refractivity contribution < 1.29 is 9.53 Å². The molecule has 34 heavy (non-hydrogen) atoms. The number of fused-ring (bicyclic) bond motifs is 1. The fraction of sp³-hybridized carbons (Fsp3) is 0.308. The van der Waals surface area contributed by atoms with Gasteiger partial charge in [-0.05, 0) is 49.1 Å². The predicted molar refractivity (Wildman–Crippen MR) is 130 cm³/mol. The lowest BCUT2D eigenvalue weighted by atomic mass is 9.55. The van der Waals surface area contributed by atoms with Gasteiger partial charge in [-0.1, -0.05) is 36.4 Å². The fourth-order valence-electron chi connectivity index (χ4n) is 5.83. The van der Waals surface area contributed by atoms with Gasteiger partial charge in [0.1, 0.15) is 17.9 Å². The quantitative estimate of drug-likeness (QED) is 0.460. The molecule has 2 aliphatic heterocycles. The largest absolute Gasteiger partial charge is 0.497 e. The van der Waals surface area contributed by atoms with Crippen LogP contribution in [0.4, 0.5) is 5.13 Å². The van der Waals surface area contributed by atoms with E-state index in [2.05, 4.69) is 52.1 Å². The van der Waals surface area contributed by atoms with E-state index in [0.717, 1.165) is 22.8 Å². The molecule has 4 aromatic rings. The van der Waals surface area contributed by atoms with Crippen molar-refractivity contribution in [1.29, 1.82) is 0 Å². The first kappa shape index (κ1) is 21.0. The second-order valence-electron chi connectivity index (χ2n) is 9.60. The summed E-state index contributed by atoms with van der Waals surface area (Å²) >= 11 is 1.46. The minimum absolute atomic E-state index is 0.0251. The average molecular weight is 472 g/mol. The molecule has 1 amide bonds. The van der Waals surface area contributed by atoms with Crippen molar-refractivity contribution in [2.75, 3.05) is 12.4 Å². The predicted octanol–water partition coefficient (Wildman–Crippen LogP) is 4.59. The highest BCUT2D eigenvalue weighted by molar-refractivity contribution is 7.13. The highest BCUT2D eigenvalue weighted by Gasteiger charge is 2.60. The molecular weight excluding hydrogens is 446 g/mol. The molecule has 172 valence electrons. The van der Waals surface area contributed by atoms with Crippen molar-refractivity contribution in [3.05, 3.63) is 88.4 Å². The van der Waals surface area contributed by atoms with Crippen LogP contribution in [0, 0.1) is 5.41 Å². The van der Waals surface area contributed by atoms with E-state index in [-0.39, 0.29) is 17.4 Å². The van der Waals surface area contributed by atoms with Gasteiger partial charge in [0.2, 0.25) is 5.91 Å². The highest BCUT2D eigenvalue weighted by Crippen LogP contribution is 2.60. The fourth-order valence-corrected chi connectivity index (χ4v) is 6.54. The van der Waals surface area contributed by atoms with Crippen molar-refractivity contribution in [1.82, 2.24) is 19.7 Å². The van der Waals surface area contributed by atoms with Crippen LogP contribution in [0.25, 0.3) is 0 Å². The highest BCUT2D eigenvalue weighted by atomic mass is 32.1. The van der Waals surface area contributed by atoms with E-state index in [0.29, 0.717) is 18.0 Å². The summed E-state index contributed by atoms with van der Waals surface area (Å²) in [7, 11) is 1.66. The first-order valence-corrected chi connectivity index (χ1v) is 12.2. The molecule has 0 saturated heterocycles. The molecule has 2 bridgehead atoms. The van der Waals surface area contributed by atoms with Crippen LogP contribution in [0.1, 0.15) is 54.5 Å². The summed E-state index contributed by atoms with van der Waals surface area (Å²) in [6.07, 6.45) is 3.12. The molecule has 3 atom stereocenters. The van der Waals surface area contributed by atoms with Gasteiger partial charge >= 0.3 is 0 Å². The third-order valence-electron chi connectivity index (χ3n) is 7.35. The summed E-state index contributed by atoms with van der Waals surface area (Å²) in [5.74, 6) is 1.73. The van der Waals surface area contributed by atoms with Gasteiger partial charge in [0, 0.05) is 11.8 Å². The van der Waals surface area contributed by atoms with Crippen LogP contribution in [0.2, 0.25) is 0 Å². The van der Waals surface area contributed by atoms with Gasteiger partial charge in [-0.2, -0.15) is 0 Å². The van der Waals surface area contributed by atoms with Crippen LogP contribution in [0.15, 0.2) is 60.2 Å². The molecule has 8 heteroatoms. The van der Waals surface area contributed by atoms with E-state index >= 15 is 0 Å². The Morgan fingerprint density at radius 2 is 2.00 bits per heavy atom. The van der Waals surface area contributed by atoms with Crippen LogP contribution in [-0.2, 0) is 16.6 Å². The van der Waals surface area contributed by atoms with Gasteiger partial charge in [-0.15, -0.1) is 21.5 Å². The number of hydrogen-bond donors (Lipinski definition) is 1. The standard InChI is InChI=1S/C26H25N5O2S/c1-25-14-26(2,21(31-15-27-30-22(25)31)19-6-4-5-7-20(19)25)23(32)29-24-28-17(13-34-24)12-16-8-10-18(33-3)11-9-16/h4-11,13,15,21H,12,14H2,1-3H3,(H,28,29,32). The molecule has 4 heterocycles. The summed E-state index contributed by atoms with van der Waals surface area (Å²) in [4.78, 5) is 18.5. The van der Waals surface area contributed by atoms with E-state index in [4.69, 9.17) is 9.72 Å². The lowest BCUT2D eigenvalue weighted by molar-refractivity contribution is -0.129. The van der Waals surface area contributed by atoms with Crippen LogP contribution in [-0.4, -0.2) is 32.8 Å². The lowest BCUT2D eigenvalue weighted by Gasteiger charge is -2.54. The maximum Gasteiger partial charge on any atom is 0.234 e. The smallest absolute Gasteiger partial charge is 0.234 e. The Labute approximate surface area is 201 Å². The minimum Gasteiger partial charge on any atom is -0.497 e. The zero-order valence-electron chi connectivity index (χ0n) is 19.3. The summed E-state index contributed by atoms with van der Waals surface area (Å²) in [6.45, 7) is 4.22. The first-order chi connectivity index (χ1) is 16.4. The summed E-state index contributed by atoms with van der Waals surface area (Å²) in [5, 5.41) is 14.4. The number of aromatic nitrogens is 4. The van der Waals surface area contributed by atoms with Gasteiger partial charge in [-0.25, -0.2) is 4.98 Å². The van der Waals surface area contributed by atoms with Crippen LogP contribution in [0.3, 0.4) is 0 Å². The van der Waals surface area contributed by atoms with Gasteiger partial charge in [0.25, 0.3) is 0 Å². The van der Waals surface area contributed by atoms with E-state index in [1.54, 1.807) is 13.4 Å². The molecule has 0 saturated carbocycles. The van der Waals surface area contributed by atoms with E-state index in [9.17, 15) is 4.79 Å². The third-order valence-corrected chi connectivity index (χ3v) is 8.16. The van der Waals surface area contributed by atoms with Gasteiger partial charge < -0.3 is 14.6 Å². The number of amides is 1. The number of anilines is 1. The summed E-state index contributed by atoms with van der Waals surface area (Å²) < 4.78 is 7.32. The number of thiazole rings is 1. The summed E-state index contributed by atoms with van der Waals surface area (Å²) in [5.41, 5.74) is 3.43. The topological polar surface area (TPSA) is 81.9 Å². The van der Waals surface area contributed by atoms with Crippen LogP contribution < -0.4 is 10.1 Å². The molecule has 2 aromatic heterocycles. The van der Waals surface area contributed by atoms with E-state index < -0.39 is 5.41 Å². The second-order valence-corrected chi connectivity index (χ2v) is 10.5. The number of carbonyl (C=O) groups excluding carboxylic acids is 1. The number of nitrogens with zero attached hydrogens (tertiary/aromatic N) is 4. The molecule has 1 aliphatic carbocycles. The van der Waals surface area contributed by atoms with Gasteiger partial charge in [-0.3, -0.25) is 4.79 Å². The molecule has 1 N–H and O–H groups in total. The molecule has 0 fully saturated rings. The Kier molecular flexibility index (Phi) is 4.64. The molecule has 7 rings (SSSR count). The minimum atomic E-state index is -0.666. The summed E-state index contributed by atoms with van der Waals surface area (Å²) in [6, 6.07) is 16.2. The van der Waals surface area contributed by atoms with E-state index in [1.165, 1.54) is 22.5 Å². The van der Waals surface area contributed by atoms with Crippen molar-refractivity contribution in [2.45, 2.75) is 38.1 Å². The SMILES string of the molecule is COc1ccc(Cc2csc(NC(=O)C3(C)CC4(C)c5ccccc5C3n3cnnc34)n2)cc1. The Bertz CT molecular complexity index is 1390. The molecule has 0 spiro atoms. The maximum absolute atomic E-state index is 13.8. The van der Waals surface area contributed by atoms with Crippen molar-refractivity contribution >= 4 is 22.4 Å². The Morgan fingerprint density at radius 1 is 1.21 bits per heavy atom. The van der Waals surface area contributed by atoms with E-state index in [1.807, 2.05) is 35.7 Å². The Morgan fingerprint density at radius 3 is 2.79 bits per heavy atom. The number of rotatable bonds is 5. The van der Waals surface area contributed by atoms with Crippen molar-refractivity contribution in [3.8, 4) is 5.75 Å². The number of ether oxygens (including phenoxy) is 1. The number of methoxy groups -OCH3 is 1. The van der Waals surface area contributed by atoms with Crippen molar-refractivity contribution in [3.63, 3.8) is 0 Å². The molecule has 3 unspecified atom stereocenters. The zero-order chi connectivity index (χ0) is 23.5.